The molecule has 2 heterocycles. The van der Waals surface area contributed by atoms with Gasteiger partial charge in [-0.3, -0.25) is 10.2 Å². The Balaban J connectivity index is 0.000000201. The molecular formula is C22H22Br2N8O2S2. The van der Waals surface area contributed by atoms with Crippen molar-refractivity contribution in [3.63, 3.8) is 0 Å². The summed E-state index contributed by atoms with van der Waals surface area (Å²) in [6.45, 7) is 3.93. The second-order valence-corrected chi connectivity index (χ2v) is 9.72. The Morgan fingerprint density at radius 2 is 1.19 bits per heavy atom. The van der Waals surface area contributed by atoms with E-state index in [0.717, 1.165) is 33.4 Å². The van der Waals surface area contributed by atoms with Crippen LogP contribution in [0.1, 0.15) is 36.6 Å². The molecule has 10 nitrogen and oxygen atoms in total. The zero-order valence-electron chi connectivity index (χ0n) is 19.2. The molecule has 14 heteroatoms. The molecule has 4 rings (SSSR count). The summed E-state index contributed by atoms with van der Waals surface area (Å²) in [4.78, 5) is 0. The second kappa shape index (κ2) is 12.9. The number of hydrogen-bond acceptors (Lipinski definition) is 8. The Bertz CT molecular complexity index is 1410. The van der Waals surface area contributed by atoms with Gasteiger partial charge in [-0.05, 0) is 60.8 Å². The lowest BCUT2D eigenvalue weighted by atomic mass is 10.2. The number of nitrogens with one attached hydrogen (secondary N) is 2. The number of phenolic OH excluding ortho intramolecular Hbond substituents is 2. The average molecular weight is 654 g/mol. The fourth-order valence-electron chi connectivity index (χ4n) is 2.84. The summed E-state index contributed by atoms with van der Waals surface area (Å²) in [5.41, 5.74) is 1.21. The largest absolute Gasteiger partial charge is 0.507 e. The summed E-state index contributed by atoms with van der Waals surface area (Å²) in [5, 5.41) is 41.3. The van der Waals surface area contributed by atoms with Gasteiger partial charge in [0, 0.05) is 32.9 Å². The number of aryl methyl sites for hydroxylation is 2. The molecule has 0 aliphatic rings. The zero-order chi connectivity index (χ0) is 26.2. The molecule has 0 atom stereocenters. The minimum Gasteiger partial charge on any atom is -0.507 e. The molecule has 0 saturated carbocycles. The van der Waals surface area contributed by atoms with Crippen LogP contribution >= 0.6 is 56.3 Å². The standard InChI is InChI=1S/2C11H11BrN4OS/c2*1-2-10-14-15-11(18)16(10)13-6-7-5-8(12)3-4-9(7)17/h2*3-6,17H,2H2,1H3,(H,15,18)/b2*13-6+. The first-order chi connectivity index (χ1) is 17.2. The Morgan fingerprint density at radius 1 is 0.806 bits per heavy atom. The fourth-order valence-corrected chi connectivity index (χ4v) is 4.00. The molecule has 0 saturated heterocycles. The van der Waals surface area contributed by atoms with Crippen LogP contribution < -0.4 is 0 Å². The van der Waals surface area contributed by atoms with Crippen LogP contribution in [-0.4, -0.2) is 52.4 Å². The quantitative estimate of drug-likeness (QED) is 0.156. The number of rotatable bonds is 6. The van der Waals surface area contributed by atoms with E-state index in [9.17, 15) is 10.2 Å². The van der Waals surface area contributed by atoms with Crippen LogP contribution in [0.4, 0.5) is 0 Å². The van der Waals surface area contributed by atoms with E-state index in [4.69, 9.17) is 24.4 Å². The average Bonchev–Trinajstić information content (AvgIpc) is 3.41. The summed E-state index contributed by atoms with van der Waals surface area (Å²) in [6.07, 6.45) is 4.53. The number of hydrogen-bond donors (Lipinski definition) is 4. The molecule has 0 amide bonds. The Labute approximate surface area is 233 Å². The monoisotopic (exact) mass is 652 g/mol. The van der Waals surface area contributed by atoms with Crippen molar-refractivity contribution in [1.82, 2.24) is 29.7 Å². The lowest BCUT2D eigenvalue weighted by Crippen LogP contribution is -1.97. The van der Waals surface area contributed by atoms with Gasteiger partial charge in [-0.1, -0.05) is 45.7 Å². The molecule has 0 spiro atoms. The number of H-pyrrole nitrogens is 2. The molecule has 0 aliphatic heterocycles. The van der Waals surface area contributed by atoms with Gasteiger partial charge in [-0.25, -0.2) is 0 Å². The maximum atomic E-state index is 9.69. The summed E-state index contributed by atoms with van der Waals surface area (Å²) < 4.78 is 5.67. The van der Waals surface area contributed by atoms with Crippen LogP contribution in [0, 0.1) is 9.54 Å². The second-order valence-electron chi connectivity index (χ2n) is 7.12. The number of aromatic amines is 2. The predicted octanol–water partition coefficient (Wildman–Crippen LogP) is 5.71. The van der Waals surface area contributed by atoms with Gasteiger partial charge in [-0.2, -0.15) is 29.8 Å². The summed E-state index contributed by atoms with van der Waals surface area (Å²) in [5.74, 6) is 1.81. The number of phenols is 2. The third-order valence-electron chi connectivity index (χ3n) is 4.67. The minimum absolute atomic E-state index is 0.162. The Hall–Kier alpha value is -2.94. The van der Waals surface area contributed by atoms with Crippen molar-refractivity contribution in [2.24, 2.45) is 10.2 Å². The van der Waals surface area contributed by atoms with E-state index >= 15 is 0 Å². The highest BCUT2D eigenvalue weighted by atomic mass is 79.9. The molecule has 0 fully saturated rings. The number of benzene rings is 2. The number of halogens is 2. The van der Waals surface area contributed by atoms with Gasteiger partial charge < -0.3 is 10.2 Å². The highest BCUT2D eigenvalue weighted by molar-refractivity contribution is 9.10. The van der Waals surface area contributed by atoms with E-state index < -0.39 is 0 Å². The first-order valence-electron chi connectivity index (χ1n) is 10.6. The molecular weight excluding hydrogens is 632 g/mol. The predicted molar refractivity (Wildman–Crippen MR) is 151 cm³/mol. The van der Waals surface area contributed by atoms with Gasteiger partial charge in [0.1, 0.15) is 11.5 Å². The maximum Gasteiger partial charge on any atom is 0.216 e. The summed E-state index contributed by atoms with van der Waals surface area (Å²) in [6, 6.07) is 10.3. The van der Waals surface area contributed by atoms with Crippen molar-refractivity contribution >= 4 is 68.7 Å². The van der Waals surface area contributed by atoms with Crippen molar-refractivity contribution in [3.05, 3.63) is 77.7 Å². The van der Waals surface area contributed by atoms with Crippen LogP contribution in [0.5, 0.6) is 11.5 Å². The van der Waals surface area contributed by atoms with Crippen molar-refractivity contribution in [1.29, 1.82) is 0 Å². The van der Waals surface area contributed by atoms with Gasteiger partial charge in [0.2, 0.25) is 9.54 Å². The molecule has 0 bridgehead atoms. The molecule has 2 aromatic heterocycles. The van der Waals surface area contributed by atoms with E-state index in [-0.39, 0.29) is 11.5 Å². The SMILES string of the molecule is CCc1n[nH]c(=S)n1/N=C/c1cc(Br)ccc1O.CCc1n[nH]c(=S)n1/N=C/c1cc(Br)ccc1O. The van der Waals surface area contributed by atoms with Crippen molar-refractivity contribution in [2.75, 3.05) is 0 Å². The number of aromatic hydroxyl groups is 2. The highest BCUT2D eigenvalue weighted by Gasteiger charge is 2.04. The van der Waals surface area contributed by atoms with Crippen LogP contribution in [-0.2, 0) is 12.8 Å². The van der Waals surface area contributed by atoms with E-state index in [1.54, 1.807) is 48.8 Å². The van der Waals surface area contributed by atoms with Crippen LogP contribution in [0.3, 0.4) is 0 Å². The Morgan fingerprint density at radius 3 is 1.56 bits per heavy atom. The third-order valence-corrected chi connectivity index (χ3v) is 6.19. The van der Waals surface area contributed by atoms with E-state index in [0.29, 0.717) is 20.7 Å². The number of aromatic nitrogens is 6. The number of nitrogens with zero attached hydrogens (tertiary/aromatic N) is 6. The topological polar surface area (TPSA) is 132 Å². The van der Waals surface area contributed by atoms with Crippen molar-refractivity contribution < 1.29 is 10.2 Å². The Kier molecular flexibility index (Phi) is 9.87. The lowest BCUT2D eigenvalue weighted by molar-refractivity contribution is 0.473. The van der Waals surface area contributed by atoms with Gasteiger partial charge >= 0.3 is 0 Å². The van der Waals surface area contributed by atoms with Gasteiger partial charge in [0.15, 0.2) is 11.6 Å². The van der Waals surface area contributed by atoms with Crippen LogP contribution in [0.2, 0.25) is 0 Å². The first-order valence-corrected chi connectivity index (χ1v) is 13.0. The van der Waals surface area contributed by atoms with Gasteiger partial charge in [0.05, 0.1) is 12.4 Å². The zero-order valence-corrected chi connectivity index (χ0v) is 24.0. The van der Waals surface area contributed by atoms with Gasteiger partial charge in [0.25, 0.3) is 0 Å². The van der Waals surface area contributed by atoms with E-state index in [1.165, 1.54) is 9.35 Å². The lowest BCUT2D eigenvalue weighted by Gasteiger charge is -2.00. The van der Waals surface area contributed by atoms with Crippen LogP contribution in [0.25, 0.3) is 0 Å². The normalized spacial score (nSPS) is 11.2. The van der Waals surface area contributed by atoms with Crippen LogP contribution in [0.15, 0.2) is 55.5 Å². The van der Waals surface area contributed by atoms with Gasteiger partial charge in [-0.15, -0.1) is 0 Å². The molecule has 0 radical (unpaired) electrons. The third kappa shape index (κ3) is 7.06. The smallest absolute Gasteiger partial charge is 0.216 e. The molecule has 36 heavy (non-hydrogen) atoms. The molecule has 0 aliphatic carbocycles. The fraction of sp³-hybridized carbons (Fsp3) is 0.182. The van der Waals surface area contributed by atoms with Crippen molar-refractivity contribution in [3.8, 4) is 11.5 Å². The molecule has 4 N–H and O–H groups in total. The van der Waals surface area contributed by atoms with E-state index in [2.05, 4.69) is 62.5 Å². The summed E-state index contributed by atoms with van der Waals surface area (Å²) in [7, 11) is 0. The minimum atomic E-state index is 0.162. The highest BCUT2D eigenvalue weighted by Crippen LogP contribution is 2.21. The molecule has 4 aromatic rings. The first kappa shape index (κ1) is 27.6. The molecule has 0 unspecified atom stereocenters. The molecule has 2 aromatic carbocycles. The van der Waals surface area contributed by atoms with Crippen molar-refractivity contribution in [2.45, 2.75) is 26.7 Å². The molecule has 188 valence electrons. The maximum absolute atomic E-state index is 9.69. The van der Waals surface area contributed by atoms with E-state index in [1.807, 2.05) is 13.8 Å². The summed E-state index contributed by atoms with van der Waals surface area (Å²) >= 11 is 16.8.